The minimum atomic E-state index is -0.0547. The first-order chi connectivity index (χ1) is 8.16. The molecule has 0 aromatic carbocycles. The van der Waals surface area contributed by atoms with Crippen molar-refractivity contribution in [2.75, 3.05) is 13.6 Å². The van der Waals surface area contributed by atoms with E-state index >= 15 is 0 Å². The summed E-state index contributed by atoms with van der Waals surface area (Å²) >= 11 is 4.20. The smallest absolute Gasteiger partial charge is 0.233 e. The molecule has 0 bridgehead atoms. The van der Waals surface area contributed by atoms with Crippen LogP contribution in [0, 0.1) is 0 Å². The van der Waals surface area contributed by atoms with Crippen LogP contribution in [0.1, 0.15) is 57.8 Å². The Morgan fingerprint density at radius 3 is 2.00 bits per heavy atom. The Bertz CT molecular complexity index is 189. The molecule has 0 heterocycles. The summed E-state index contributed by atoms with van der Waals surface area (Å²) in [5, 5.41) is 0. The molecule has 102 valence electrons. The Labute approximate surface area is 111 Å². The number of rotatable bonds is 11. The van der Waals surface area contributed by atoms with E-state index in [1.54, 1.807) is 0 Å². The van der Waals surface area contributed by atoms with Crippen LogP contribution in [0.25, 0.3) is 0 Å². The lowest BCUT2D eigenvalue weighted by Crippen LogP contribution is -2.29. The molecule has 0 atom stereocenters. The predicted octanol–water partition coefficient (Wildman–Crippen LogP) is 2.26. The number of carbonyl (C=O) groups is 1. The maximum absolute atomic E-state index is 10.8. The van der Waals surface area contributed by atoms with Crippen LogP contribution in [0.2, 0.25) is 0 Å². The molecular formula is C12H27N3OS. The first-order valence-electron chi connectivity index (χ1n) is 6.56. The number of amides is 1. The van der Waals surface area contributed by atoms with Gasteiger partial charge in [-0.05, 0) is 19.9 Å². The van der Waals surface area contributed by atoms with Crippen LogP contribution in [0.5, 0.6) is 0 Å². The third-order valence-corrected chi connectivity index (χ3v) is 3.00. The Balaban J connectivity index is 3.01. The third-order valence-electron chi connectivity index (χ3n) is 2.80. The standard InChI is InChI=1S/C12H27N3OS/c1-15(17)11-9-7-5-3-2-4-6-8-10-12(16)14-13/h17H,2-11,13H2,1H3,(H,14,16). The van der Waals surface area contributed by atoms with Crippen molar-refractivity contribution in [1.82, 2.24) is 9.73 Å². The van der Waals surface area contributed by atoms with Crippen LogP contribution in [0.4, 0.5) is 0 Å². The van der Waals surface area contributed by atoms with Gasteiger partial charge in [0.2, 0.25) is 5.91 Å². The van der Waals surface area contributed by atoms with E-state index in [4.69, 9.17) is 5.84 Å². The monoisotopic (exact) mass is 261 g/mol. The zero-order valence-electron chi connectivity index (χ0n) is 11.0. The first kappa shape index (κ1) is 16.7. The van der Waals surface area contributed by atoms with Gasteiger partial charge in [-0.25, -0.2) is 5.84 Å². The van der Waals surface area contributed by atoms with Gasteiger partial charge in [0.25, 0.3) is 0 Å². The van der Waals surface area contributed by atoms with Gasteiger partial charge in [0, 0.05) is 13.0 Å². The molecule has 0 unspecified atom stereocenters. The molecule has 0 radical (unpaired) electrons. The lowest BCUT2D eigenvalue weighted by Gasteiger charge is -2.07. The van der Waals surface area contributed by atoms with Crippen LogP contribution in [-0.2, 0) is 4.79 Å². The van der Waals surface area contributed by atoms with Crippen molar-refractivity contribution in [3.05, 3.63) is 0 Å². The van der Waals surface area contributed by atoms with E-state index in [-0.39, 0.29) is 5.91 Å². The van der Waals surface area contributed by atoms with Crippen LogP contribution in [0.3, 0.4) is 0 Å². The van der Waals surface area contributed by atoms with E-state index in [9.17, 15) is 4.79 Å². The largest absolute Gasteiger partial charge is 0.294 e. The molecule has 0 aromatic rings. The predicted molar refractivity (Wildman–Crippen MR) is 75.5 cm³/mol. The Kier molecular flexibility index (Phi) is 12.0. The zero-order chi connectivity index (χ0) is 12.9. The molecule has 0 rings (SSSR count). The number of unbranched alkanes of at least 4 members (excludes halogenated alkanes) is 7. The summed E-state index contributed by atoms with van der Waals surface area (Å²) in [6, 6.07) is 0. The normalized spacial score (nSPS) is 10.8. The van der Waals surface area contributed by atoms with Crippen molar-refractivity contribution >= 4 is 18.7 Å². The average molecular weight is 261 g/mol. The fourth-order valence-electron chi connectivity index (χ4n) is 1.76. The number of carbonyl (C=O) groups excluding carboxylic acids is 1. The lowest BCUT2D eigenvalue weighted by atomic mass is 10.1. The third kappa shape index (κ3) is 13.7. The summed E-state index contributed by atoms with van der Waals surface area (Å²) in [6.07, 6.45) is 10.3. The van der Waals surface area contributed by atoms with E-state index in [1.807, 2.05) is 11.4 Å². The highest BCUT2D eigenvalue weighted by atomic mass is 32.1. The van der Waals surface area contributed by atoms with Crippen molar-refractivity contribution < 1.29 is 4.79 Å². The molecule has 0 aromatic heterocycles. The average Bonchev–Trinajstić information content (AvgIpc) is 2.30. The highest BCUT2D eigenvalue weighted by Gasteiger charge is 1.97. The van der Waals surface area contributed by atoms with Crippen LogP contribution < -0.4 is 11.3 Å². The van der Waals surface area contributed by atoms with Crippen molar-refractivity contribution in [3.63, 3.8) is 0 Å². The SMILES string of the molecule is CN(S)CCCCCCCCCCC(=O)NN. The van der Waals surface area contributed by atoms with E-state index in [1.165, 1.54) is 38.5 Å². The molecule has 5 heteroatoms. The number of hydrogen-bond donors (Lipinski definition) is 3. The number of nitrogens with two attached hydrogens (primary N) is 1. The van der Waals surface area contributed by atoms with E-state index in [0.29, 0.717) is 6.42 Å². The molecule has 0 saturated carbocycles. The van der Waals surface area contributed by atoms with Crippen molar-refractivity contribution in [2.24, 2.45) is 5.84 Å². The Hall–Kier alpha value is -0.260. The molecule has 1 amide bonds. The summed E-state index contributed by atoms with van der Waals surface area (Å²) in [4.78, 5) is 10.8. The summed E-state index contributed by atoms with van der Waals surface area (Å²) in [6.45, 7) is 1.07. The first-order valence-corrected chi connectivity index (χ1v) is 6.96. The summed E-state index contributed by atoms with van der Waals surface area (Å²) in [7, 11) is 1.99. The van der Waals surface area contributed by atoms with Gasteiger partial charge in [0.1, 0.15) is 0 Å². The molecular weight excluding hydrogens is 234 g/mol. The van der Waals surface area contributed by atoms with Gasteiger partial charge in [-0.2, -0.15) is 0 Å². The van der Waals surface area contributed by atoms with Gasteiger partial charge in [-0.15, -0.1) is 0 Å². The molecule has 0 spiro atoms. The molecule has 0 fully saturated rings. The second kappa shape index (κ2) is 12.2. The summed E-state index contributed by atoms with van der Waals surface area (Å²) in [5.41, 5.74) is 2.15. The quantitative estimate of drug-likeness (QED) is 0.176. The summed E-state index contributed by atoms with van der Waals surface area (Å²) < 4.78 is 1.93. The van der Waals surface area contributed by atoms with Crippen molar-refractivity contribution in [3.8, 4) is 0 Å². The number of hydrazine groups is 1. The van der Waals surface area contributed by atoms with Crippen molar-refractivity contribution in [1.29, 1.82) is 0 Å². The number of nitrogens with one attached hydrogen (secondary N) is 1. The Morgan fingerprint density at radius 1 is 1.06 bits per heavy atom. The van der Waals surface area contributed by atoms with Gasteiger partial charge in [0.15, 0.2) is 0 Å². The highest BCUT2D eigenvalue weighted by Crippen LogP contribution is 2.10. The topological polar surface area (TPSA) is 58.4 Å². The molecule has 0 aliphatic carbocycles. The highest BCUT2D eigenvalue weighted by molar-refractivity contribution is 7.77. The fourth-order valence-corrected chi connectivity index (χ4v) is 1.90. The van der Waals surface area contributed by atoms with Gasteiger partial charge < -0.3 is 0 Å². The number of thiol groups is 1. The minimum absolute atomic E-state index is 0.0547. The molecule has 3 N–H and O–H groups in total. The number of nitrogens with zero attached hydrogens (tertiary/aromatic N) is 1. The summed E-state index contributed by atoms with van der Waals surface area (Å²) in [5.74, 6) is 4.94. The van der Waals surface area contributed by atoms with Crippen molar-refractivity contribution in [2.45, 2.75) is 57.8 Å². The van der Waals surface area contributed by atoms with E-state index in [0.717, 1.165) is 19.4 Å². The van der Waals surface area contributed by atoms with E-state index in [2.05, 4.69) is 18.2 Å². The maximum Gasteiger partial charge on any atom is 0.233 e. The molecule has 4 nitrogen and oxygen atoms in total. The second-order valence-corrected chi connectivity index (χ2v) is 5.21. The molecule has 0 aliphatic rings. The zero-order valence-corrected chi connectivity index (χ0v) is 11.8. The maximum atomic E-state index is 10.8. The molecule has 17 heavy (non-hydrogen) atoms. The van der Waals surface area contributed by atoms with Crippen LogP contribution in [0.15, 0.2) is 0 Å². The second-order valence-electron chi connectivity index (χ2n) is 4.53. The molecule has 0 saturated heterocycles. The fraction of sp³-hybridized carbons (Fsp3) is 0.917. The molecule has 0 aliphatic heterocycles. The van der Waals surface area contributed by atoms with Crippen LogP contribution >= 0.6 is 12.8 Å². The lowest BCUT2D eigenvalue weighted by molar-refractivity contribution is -0.121. The Morgan fingerprint density at radius 2 is 1.53 bits per heavy atom. The van der Waals surface area contributed by atoms with E-state index < -0.39 is 0 Å². The van der Waals surface area contributed by atoms with Crippen LogP contribution in [-0.4, -0.2) is 23.8 Å². The van der Waals surface area contributed by atoms with Gasteiger partial charge in [0.05, 0.1) is 0 Å². The number of hydrogen-bond acceptors (Lipinski definition) is 4. The van der Waals surface area contributed by atoms with Gasteiger partial charge in [-0.1, -0.05) is 51.3 Å². The van der Waals surface area contributed by atoms with Gasteiger partial charge >= 0.3 is 0 Å². The van der Waals surface area contributed by atoms with Gasteiger partial charge in [-0.3, -0.25) is 14.5 Å². The minimum Gasteiger partial charge on any atom is -0.294 e.